The van der Waals surface area contributed by atoms with Gasteiger partial charge in [-0.3, -0.25) is 0 Å². The molecule has 0 saturated carbocycles. The van der Waals surface area contributed by atoms with Crippen LogP contribution in [-0.4, -0.2) is 16.8 Å². The number of phenolic OH excluding ortho intramolecular Hbond substituents is 1. The van der Waals surface area contributed by atoms with Crippen molar-refractivity contribution in [2.75, 3.05) is 6.54 Å². The largest absolute Gasteiger partial charge is 1.00 e. The molecule has 0 aliphatic carbocycles. The molecule has 19 heavy (non-hydrogen) atoms. The lowest BCUT2D eigenvalue weighted by Crippen LogP contribution is -3.00. The van der Waals surface area contributed by atoms with Gasteiger partial charge in [-0.25, -0.2) is 0 Å². The predicted molar refractivity (Wildman–Crippen MR) is 70.0 cm³/mol. The topological polar surface area (TPSA) is 57.1 Å². The van der Waals surface area contributed by atoms with Gasteiger partial charge in [-0.05, 0) is 17.7 Å². The summed E-state index contributed by atoms with van der Waals surface area (Å²) in [4.78, 5) is 0. The highest BCUT2D eigenvalue weighted by atomic mass is 35.5. The van der Waals surface area contributed by atoms with Crippen LogP contribution < -0.4 is 17.7 Å². The summed E-state index contributed by atoms with van der Waals surface area (Å²) in [5.41, 5.74) is 1.99. The molecule has 0 aromatic heterocycles. The molecule has 0 radical (unpaired) electrons. The molecule has 0 amide bonds. The Hall–Kier alpha value is -1.55. The molecular formula is C15H18ClNO2. The van der Waals surface area contributed by atoms with E-state index in [4.69, 9.17) is 0 Å². The van der Waals surface area contributed by atoms with Crippen molar-refractivity contribution in [2.45, 2.75) is 12.6 Å². The molecule has 0 bridgehead atoms. The van der Waals surface area contributed by atoms with E-state index in [1.165, 1.54) is 5.56 Å². The van der Waals surface area contributed by atoms with Crippen LogP contribution in [0.4, 0.5) is 0 Å². The van der Waals surface area contributed by atoms with Gasteiger partial charge in [0.25, 0.3) is 0 Å². The molecule has 4 N–H and O–H groups in total. The highest BCUT2D eigenvalue weighted by Crippen LogP contribution is 2.16. The maximum atomic E-state index is 9.98. The smallest absolute Gasteiger partial charge is 0.128 e. The Kier molecular flexibility index (Phi) is 6.36. The molecule has 3 nitrogen and oxygen atoms in total. The summed E-state index contributed by atoms with van der Waals surface area (Å²) < 4.78 is 0. The number of halogens is 1. The number of benzene rings is 2. The van der Waals surface area contributed by atoms with E-state index in [1.54, 1.807) is 18.2 Å². The Morgan fingerprint density at radius 2 is 1.74 bits per heavy atom. The molecule has 1 unspecified atom stereocenters. The van der Waals surface area contributed by atoms with E-state index in [0.29, 0.717) is 6.54 Å². The van der Waals surface area contributed by atoms with E-state index >= 15 is 0 Å². The minimum Gasteiger partial charge on any atom is -1.00 e. The second kappa shape index (κ2) is 7.79. The molecule has 0 fully saturated rings. The van der Waals surface area contributed by atoms with Gasteiger partial charge >= 0.3 is 0 Å². The highest BCUT2D eigenvalue weighted by molar-refractivity contribution is 5.28. The molecule has 102 valence electrons. The fourth-order valence-corrected chi connectivity index (χ4v) is 1.89. The third kappa shape index (κ3) is 4.91. The van der Waals surface area contributed by atoms with Gasteiger partial charge in [-0.1, -0.05) is 42.5 Å². The Morgan fingerprint density at radius 1 is 1.00 bits per heavy atom. The van der Waals surface area contributed by atoms with Gasteiger partial charge < -0.3 is 27.9 Å². The monoisotopic (exact) mass is 279 g/mol. The van der Waals surface area contributed by atoms with Crippen LogP contribution in [0.3, 0.4) is 0 Å². The molecule has 4 heteroatoms. The average molecular weight is 280 g/mol. The Labute approximate surface area is 119 Å². The maximum Gasteiger partial charge on any atom is 0.128 e. The zero-order valence-electron chi connectivity index (χ0n) is 10.5. The highest BCUT2D eigenvalue weighted by Gasteiger charge is 2.09. The van der Waals surface area contributed by atoms with E-state index in [9.17, 15) is 10.2 Å². The summed E-state index contributed by atoms with van der Waals surface area (Å²) in [6.45, 7) is 1.43. The number of rotatable bonds is 5. The molecule has 0 aliphatic heterocycles. The molecule has 0 spiro atoms. The second-order valence-corrected chi connectivity index (χ2v) is 4.32. The van der Waals surface area contributed by atoms with Crippen LogP contribution in [0.1, 0.15) is 17.2 Å². The lowest BCUT2D eigenvalue weighted by molar-refractivity contribution is -0.677. The summed E-state index contributed by atoms with van der Waals surface area (Å²) in [6.07, 6.45) is -0.555. The standard InChI is InChI=1S/C15H17NO2.ClH/c17-14-8-4-7-13(9-14)15(18)11-16-10-12-5-2-1-3-6-12;/h1-9,15-18H,10-11H2;1H. The summed E-state index contributed by atoms with van der Waals surface area (Å²) in [5.74, 6) is 0.189. The molecule has 0 aliphatic rings. The average Bonchev–Trinajstić information content (AvgIpc) is 2.40. The van der Waals surface area contributed by atoms with Gasteiger partial charge in [0.1, 0.15) is 24.9 Å². The number of phenols is 1. The van der Waals surface area contributed by atoms with Crippen LogP contribution >= 0.6 is 0 Å². The van der Waals surface area contributed by atoms with Crippen LogP contribution in [-0.2, 0) is 6.54 Å². The van der Waals surface area contributed by atoms with Crippen molar-refractivity contribution in [2.24, 2.45) is 0 Å². The van der Waals surface area contributed by atoms with Crippen LogP contribution in [0.25, 0.3) is 0 Å². The molecular weight excluding hydrogens is 262 g/mol. The van der Waals surface area contributed by atoms with Gasteiger partial charge in [0, 0.05) is 5.56 Å². The third-order valence-corrected chi connectivity index (χ3v) is 2.87. The summed E-state index contributed by atoms with van der Waals surface area (Å²) in [5, 5.41) is 21.4. The van der Waals surface area contributed by atoms with E-state index < -0.39 is 6.10 Å². The van der Waals surface area contributed by atoms with E-state index in [-0.39, 0.29) is 18.2 Å². The number of aliphatic hydroxyl groups is 1. The number of hydrogen-bond acceptors (Lipinski definition) is 2. The normalized spacial score (nSPS) is 11.6. The quantitative estimate of drug-likeness (QED) is 0.605. The van der Waals surface area contributed by atoms with Crippen LogP contribution in [0, 0.1) is 0 Å². The van der Waals surface area contributed by atoms with Crippen molar-refractivity contribution in [1.29, 1.82) is 0 Å². The Bertz CT molecular complexity index is 491. The van der Waals surface area contributed by atoms with E-state index in [2.05, 4.69) is 17.4 Å². The van der Waals surface area contributed by atoms with Crippen molar-refractivity contribution in [3.05, 3.63) is 65.7 Å². The van der Waals surface area contributed by atoms with Crippen LogP contribution in [0.15, 0.2) is 54.6 Å². The number of quaternary nitrogens is 1. The maximum absolute atomic E-state index is 9.98. The first kappa shape index (κ1) is 15.5. The van der Waals surface area contributed by atoms with Crippen LogP contribution in [0.5, 0.6) is 5.75 Å². The van der Waals surface area contributed by atoms with Gasteiger partial charge in [0.15, 0.2) is 0 Å². The van der Waals surface area contributed by atoms with Gasteiger partial charge in [0.2, 0.25) is 0 Å². The van der Waals surface area contributed by atoms with E-state index in [0.717, 1.165) is 12.1 Å². The third-order valence-electron chi connectivity index (χ3n) is 2.87. The molecule has 2 aromatic rings. The number of aliphatic hydroxyl groups excluding tert-OH is 1. The molecule has 1 atom stereocenters. The first-order valence-electron chi connectivity index (χ1n) is 6.08. The first-order valence-corrected chi connectivity index (χ1v) is 6.08. The van der Waals surface area contributed by atoms with E-state index in [1.807, 2.05) is 24.3 Å². The number of aromatic hydroxyl groups is 1. The summed E-state index contributed by atoms with van der Waals surface area (Å²) in [7, 11) is 0. The summed E-state index contributed by atoms with van der Waals surface area (Å²) in [6, 6.07) is 16.9. The Morgan fingerprint density at radius 3 is 2.42 bits per heavy atom. The fourth-order valence-electron chi connectivity index (χ4n) is 1.89. The SMILES string of the molecule is Oc1cccc(C(O)C[NH2+]Cc2ccccc2)c1.[Cl-]. The zero-order valence-corrected chi connectivity index (χ0v) is 11.3. The van der Waals surface area contributed by atoms with Crippen LogP contribution in [0.2, 0.25) is 0 Å². The Balaban J connectivity index is 0.00000180. The minimum atomic E-state index is -0.555. The zero-order chi connectivity index (χ0) is 12.8. The number of hydrogen-bond donors (Lipinski definition) is 3. The van der Waals surface area contributed by atoms with Gasteiger partial charge in [0.05, 0.1) is 0 Å². The van der Waals surface area contributed by atoms with Crippen molar-refractivity contribution in [3.63, 3.8) is 0 Å². The first-order chi connectivity index (χ1) is 8.75. The lowest BCUT2D eigenvalue weighted by Gasteiger charge is -2.10. The lowest BCUT2D eigenvalue weighted by atomic mass is 10.1. The van der Waals surface area contributed by atoms with Gasteiger partial charge in [-0.15, -0.1) is 0 Å². The predicted octanol–water partition coefficient (Wildman–Crippen LogP) is -1.81. The summed E-state index contributed by atoms with van der Waals surface area (Å²) >= 11 is 0. The number of nitrogens with two attached hydrogens (primary N) is 1. The van der Waals surface area contributed by atoms with Crippen molar-refractivity contribution < 1.29 is 27.9 Å². The van der Waals surface area contributed by atoms with Crippen molar-refractivity contribution >= 4 is 0 Å². The molecule has 0 saturated heterocycles. The molecule has 2 rings (SSSR count). The molecule has 2 aromatic carbocycles. The minimum absolute atomic E-state index is 0. The van der Waals surface area contributed by atoms with Crippen molar-refractivity contribution in [1.82, 2.24) is 0 Å². The molecule has 0 heterocycles. The second-order valence-electron chi connectivity index (χ2n) is 4.32. The van der Waals surface area contributed by atoms with Crippen molar-refractivity contribution in [3.8, 4) is 5.75 Å². The van der Waals surface area contributed by atoms with Gasteiger partial charge in [-0.2, -0.15) is 0 Å². The fraction of sp³-hybridized carbons (Fsp3) is 0.200.